The highest BCUT2D eigenvalue weighted by molar-refractivity contribution is 5.97. The molecule has 0 aliphatic carbocycles. The zero-order valence-electron chi connectivity index (χ0n) is 15.1. The van der Waals surface area contributed by atoms with Crippen LogP contribution in [-0.4, -0.2) is 34.5 Å². The molecule has 0 bridgehead atoms. The van der Waals surface area contributed by atoms with Crippen molar-refractivity contribution < 1.29 is 14.7 Å². The number of hydroxylamine groups is 2. The monoisotopic (exact) mass is 332 g/mol. The summed E-state index contributed by atoms with van der Waals surface area (Å²) in [6.07, 6.45) is 3.04. The number of hydrogen-bond acceptors (Lipinski definition) is 4. The van der Waals surface area contributed by atoms with Crippen LogP contribution in [0.1, 0.15) is 46.1 Å². The first kappa shape index (κ1) is 18.5. The van der Waals surface area contributed by atoms with Crippen molar-refractivity contribution in [1.82, 2.24) is 5.06 Å². The van der Waals surface area contributed by atoms with Gasteiger partial charge in [0.1, 0.15) is 5.75 Å². The van der Waals surface area contributed by atoms with Gasteiger partial charge >= 0.3 is 0 Å². The highest BCUT2D eigenvalue weighted by atomic mass is 16.6. The number of carbonyl (C=O) groups is 1. The van der Waals surface area contributed by atoms with E-state index in [0.717, 1.165) is 17.0 Å². The number of anilines is 1. The second kappa shape index (κ2) is 7.36. The molecule has 0 saturated carbocycles. The lowest BCUT2D eigenvalue weighted by Gasteiger charge is -2.37. The zero-order chi connectivity index (χ0) is 17.9. The van der Waals surface area contributed by atoms with Crippen LogP contribution in [0.5, 0.6) is 5.75 Å². The van der Waals surface area contributed by atoms with Gasteiger partial charge in [-0.3, -0.25) is 4.79 Å². The lowest BCUT2D eigenvalue weighted by molar-refractivity contribution is -0.235. The summed E-state index contributed by atoms with van der Waals surface area (Å²) in [7, 11) is 0. The predicted octanol–water partition coefficient (Wildman–Crippen LogP) is 3.76. The van der Waals surface area contributed by atoms with Gasteiger partial charge in [0.05, 0.1) is 5.69 Å². The summed E-state index contributed by atoms with van der Waals surface area (Å²) in [4.78, 5) is 13.9. The number of hydrogen-bond donors (Lipinski definition) is 1. The van der Waals surface area contributed by atoms with Gasteiger partial charge in [0.2, 0.25) is 5.91 Å². The van der Waals surface area contributed by atoms with Crippen molar-refractivity contribution in [2.24, 2.45) is 0 Å². The molecule has 1 atom stereocenters. The maximum Gasteiger partial charge on any atom is 0.227 e. The van der Waals surface area contributed by atoms with Gasteiger partial charge in [-0.1, -0.05) is 19.1 Å². The summed E-state index contributed by atoms with van der Waals surface area (Å²) in [5.74, 6) is 0.828. The van der Waals surface area contributed by atoms with Crippen LogP contribution >= 0.6 is 0 Å². The Hall–Kier alpha value is -1.85. The molecule has 1 amide bonds. The fourth-order valence-corrected chi connectivity index (χ4v) is 2.88. The van der Waals surface area contributed by atoms with Crippen LogP contribution in [0.4, 0.5) is 5.69 Å². The number of fused-ring (bicyclic) bond motifs is 1. The van der Waals surface area contributed by atoms with Crippen LogP contribution in [0.15, 0.2) is 30.9 Å². The number of amides is 1. The molecule has 1 aliphatic heterocycles. The second-order valence-corrected chi connectivity index (χ2v) is 7.04. The molecule has 132 valence electrons. The van der Waals surface area contributed by atoms with Crippen LogP contribution < -0.4 is 9.64 Å². The first-order valence-electron chi connectivity index (χ1n) is 8.47. The van der Waals surface area contributed by atoms with Crippen molar-refractivity contribution >= 4 is 11.6 Å². The molecule has 24 heavy (non-hydrogen) atoms. The minimum Gasteiger partial charge on any atom is -0.473 e. The molecule has 0 radical (unpaired) electrons. The van der Waals surface area contributed by atoms with Crippen molar-refractivity contribution in [2.45, 2.75) is 58.7 Å². The molecule has 0 saturated heterocycles. The van der Waals surface area contributed by atoms with E-state index < -0.39 is 11.8 Å². The number of ether oxygens (including phenoxy) is 1. The highest BCUT2D eigenvalue weighted by Crippen LogP contribution is 2.36. The van der Waals surface area contributed by atoms with Gasteiger partial charge in [-0.25, -0.2) is 0 Å². The van der Waals surface area contributed by atoms with Crippen molar-refractivity contribution in [1.29, 1.82) is 0 Å². The van der Waals surface area contributed by atoms with Gasteiger partial charge in [0.25, 0.3) is 0 Å². The normalized spacial score (nSPS) is 16.1. The van der Waals surface area contributed by atoms with E-state index in [0.29, 0.717) is 25.8 Å². The number of rotatable bonds is 6. The van der Waals surface area contributed by atoms with E-state index in [1.165, 1.54) is 5.06 Å². The molecular weight excluding hydrogens is 304 g/mol. The average Bonchev–Trinajstić information content (AvgIpc) is 2.53. The van der Waals surface area contributed by atoms with E-state index in [1.54, 1.807) is 11.0 Å². The van der Waals surface area contributed by atoms with Crippen LogP contribution in [0, 0.1) is 0 Å². The highest BCUT2D eigenvalue weighted by Gasteiger charge is 2.30. The van der Waals surface area contributed by atoms with Gasteiger partial charge in [-0.15, -0.1) is 11.6 Å². The Bertz CT molecular complexity index is 607. The van der Waals surface area contributed by atoms with Crippen LogP contribution in [0.3, 0.4) is 0 Å². The van der Waals surface area contributed by atoms with E-state index in [1.807, 2.05) is 45.9 Å². The zero-order valence-corrected chi connectivity index (χ0v) is 15.1. The fraction of sp³-hybridized carbons (Fsp3) is 0.526. The molecule has 1 aromatic rings. The molecule has 1 unspecified atom stereocenters. The molecule has 1 aliphatic rings. The second-order valence-electron chi connectivity index (χ2n) is 7.04. The lowest BCUT2D eigenvalue weighted by Crippen LogP contribution is -2.48. The van der Waals surface area contributed by atoms with E-state index in [2.05, 4.69) is 6.58 Å². The molecular formula is C19H28N2O3. The quantitative estimate of drug-likeness (QED) is 0.490. The minimum absolute atomic E-state index is 0.102. The maximum atomic E-state index is 12.2. The van der Waals surface area contributed by atoms with Gasteiger partial charge in [-0.2, -0.15) is 0 Å². The maximum absolute atomic E-state index is 12.2. The standard InChI is InChI=1S/C19H28N2O3/c1-6-13-20-15-9-8-10-16(14(15)11-12-17(20)22)24-18(7-2)21(23)19(3,4)5/h6,8-10,18,23H,1,7,11-13H2,2-5H3. The molecule has 5 heteroatoms. The Morgan fingerprint density at radius 2 is 2.12 bits per heavy atom. The largest absolute Gasteiger partial charge is 0.473 e. The summed E-state index contributed by atoms with van der Waals surface area (Å²) >= 11 is 0. The van der Waals surface area contributed by atoms with E-state index in [4.69, 9.17) is 4.74 Å². The smallest absolute Gasteiger partial charge is 0.227 e. The third-order valence-corrected chi connectivity index (χ3v) is 4.17. The molecule has 1 N–H and O–H groups in total. The van der Waals surface area contributed by atoms with Gasteiger partial charge in [0, 0.05) is 24.1 Å². The van der Waals surface area contributed by atoms with Gasteiger partial charge in [-0.05, 0) is 45.7 Å². The number of carbonyl (C=O) groups excluding carboxylic acids is 1. The lowest BCUT2D eigenvalue weighted by atomic mass is 10.00. The van der Waals surface area contributed by atoms with Crippen molar-refractivity contribution in [3.05, 3.63) is 36.4 Å². The van der Waals surface area contributed by atoms with E-state index >= 15 is 0 Å². The Kier molecular flexibility index (Phi) is 5.67. The van der Waals surface area contributed by atoms with Gasteiger partial charge < -0.3 is 14.8 Å². The number of nitrogens with zero attached hydrogens (tertiary/aromatic N) is 2. The summed E-state index contributed by atoms with van der Waals surface area (Å²) in [5, 5.41) is 11.7. The summed E-state index contributed by atoms with van der Waals surface area (Å²) in [6, 6.07) is 5.72. The summed E-state index contributed by atoms with van der Waals surface area (Å²) in [5.41, 5.74) is 1.47. The van der Waals surface area contributed by atoms with Crippen molar-refractivity contribution in [3.63, 3.8) is 0 Å². The number of benzene rings is 1. The molecule has 0 fully saturated rings. The first-order chi connectivity index (χ1) is 11.3. The van der Waals surface area contributed by atoms with Crippen LogP contribution in [0.2, 0.25) is 0 Å². The Balaban J connectivity index is 2.32. The molecule has 0 aromatic heterocycles. The van der Waals surface area contributed by atoms with Crippen LogP contribution in [-0.2, 0) is 11.2 Å². The molecule has 5 nitrogen and oxygen atoms in total. The van der Waals surface area contributed by atoms with Crippen molar-refractivity contribution in [2.75, 3.05) is 11.4 Å². The minimum atomic E-state index is -0.443. The Morgan fingerprint density at radius 3 is 2.71 bits per heavy atom. The SMILES string of the molecule is C=CCN1C(=O)CCc2c(OC(CC)N(O)C(C)(C)C)cccc21. The van der Waals surface area contributed by atoms with E-state index in [9.17, 15) is 10.0 Å². The first-order valence-corrected chi connectivity index (χ1v) is 8.47. The molecule has 1 aromatic carbocycles. The van der Waals surface area contributed by atoms with Crippen molar-refractivity contribution in [3.8, 4) is 5.75 Å². The average molecular weight is 332 g/mol. The molecule has 2 rings (SSSR count). The van der Waals surface area contributed by atoms with Crippen LogP contribution in [0.25, 0.3) is 0 Å². The third kappa shape index (κ3) is 3.79. The van der Waals surface area contributed by atoms with Gasteiger partial charge in [0.15, 0.2) is 6.23 Å². The fourth-order valence-electron chi connectivity index (χ4n) is 2.88. The molecule has 1 heterocycles. The Morgan fingerprint density at radius 1 is 1.42 bits per heavy atom. The summed E-state index contributed by atoms with van der Waals surface area (Å²) in [6.45, 7) is 12.0. The molecule has 0 spiro atoms. The predicted molar refractivity (Wildman–Crippen MR) is 95.4 cm³/mol. The third-order valence-electron chi connectivity index (χ3n) is 4.17. The Labute approximate surface area is 144 Å². The van der Waals surface area contributed by atoms with E-state index in [-0.39, 0.29) is 5.91 Å². The topological polar surface area (TPSA) is 53.0 Å². The summed E-state index contributed by atoms with van der Waals surface area (Å²) < 4.78 is 6.12.